The third-order valence-electron chi connectivity index (χ3n) is 7.73. The summed E-state index contributed by atoms with van der Waals surface area (Å²) in [4.78, 5) is 86.8. The van der Waals surface area contributed by atoms with Gasteiger partial charge in [-0.1, -0.05) is 0 Å². The lowest BCUT2D eigenvalue weighted by atomic mass is 9.84. The molecule has 1 aliphatic rings. The second-order valence-corrected chi connectivity index (χ2v) is 16.9. The SMILES string of the molecule is CC(C)(C)OC(=O)NCCNC(=O)COCC1OC(N)C(OCC(=O)NCCNC(=O)OC(C)(C)C)C(OCC(=O)NCCNC(=O)OC(C)(C)C)C1CCC(=O)NCCN. The van der Waals surface area contributed by atoms with Gasteiger partial charge in [0.1, 0.15) is 49.0 Å². The van der Waals surface area contributed by atoms with Crippen molar-refractivity contribution in [3.63, 3.8) is 0 Å². The largest absolute Gasteiger partial charge is 0.444 e. The first-order valence-corrected chi connectivity index (χ1v) is 20.3. The molecule has 1 saturated heterocycles. The van der Waals surface area contributed by atoms with E-state index in [-0.39, 0.29) is 77.7 Å². The van der Waals surface area contributed by atoms with E-state index in [1.54, 1.807) is 62.3 Å². The zero-order chi connectivity index (χ0) is 46.2. The molecule has 0 aromatic rings. The number of nitrogens with two attached hydrogens (primary N) is 2. The Morgan fingerprint density at radius 1 is 0.525 bits per heavy atom. The molecule has 0 radical (unpaired) electrons. The predicted molar refractivity (Wildman–Crippen MR) is 220 cm³/mol. The topological polar surface area (TPSA) is 320 Å². The highest BCUT2D eigenvalue weighted by atomic mass is 16.6. The van der Waals surface area contributed by atoms with Gasteiger partial charge >= 0.3 is 18.3 Å². The molecule has 5 unspecified atom stereocenters. The van der Waals surface area contributed by atoms with Gasteiger partial charge < -0.3 is 81.8 Å². The molecule has 0 spiro atoms. The number of carbonyl (C=O) groups is 7. The maximum atomic E-state index is 12.9. The van der Waals surface area contributed by atoms with Crippen molar-refractivity contribution < 1.29 is 66.7 Å². The Balaban J connectivity index is 3.07. The number of alkyl carbamates (subject to hydrolysis) is 3. The summed E-state index contributed by atoms with van der Waals surface area (Å²) in [6, 6.07) is 0. The Hall–Kier alpha value is -4.55. The molecule has 1 heterocycles. The van der Waals surface area contributed by atoms with E-state index >= 15 is 0 Å². The van der Waals surface area contributed by atoms with E-state index in [4.69, 9.17) is 44.6 Å². The first kappa shape index (κ1) is 54.5. The summed E-state index contributed by atoms with van der Waals surface area (Å²) in [5, 5.41) is 18.2. The fourth-order valence-corrected chi connectivity index (χ4v) is 5.35. The van der Waals surface area contributed by atoms with Gasteiger partial charge in [0, 0.05) is 64.7 Å². The molecule has 352 valence electrons. The Labute approximate surface area is 358 Å². The fourth-order valence-electron chi connectivity index (χ4n) is 5.35. The van der Waals surface area contributed by atoms with Crippen LogP contribution in [0.3, 0.4) is 0 Å². The molecule has 5 atom stereocenters. The van der Waals surface area contributed by atoms with Crippen LogP contribution in [0.4, 0.5) is 14.4 Å². The lowest BCUT2D eigenvalue weighted by Gasteiger charge is -2.45. The van der Waals surface area contributed by atoms with Crippen LogP contribution in [0.1, 0.15) is 75.2 Å². The normalized spacial score (nSPS) is 19.1. The van der Waals surface area contributed by atoms with Crippen LogP contribution in [0.2, 0.25) is 0 Å². The van der Waals surface area contributed by atoms with Gasteiger partial charge in [0.05, 0.1) is 18.8 Å². The van der Waals surface area contributed by atoms with E-state index in [0.29, 0.717) is 0 Å². The van der Waals surface area contributed by atoms with Gasteiger partial charge in [-0.15, -0.1) is 0 Å². The highest BCUT2D eigenvalue weighted by Gasteiger charge is 2.46. The molecule has 0 bridgehead atoms. The van der Waals surface area contributed by atoms with E-state index in [1.165, 1.54) is 0 Å². The number of hydrogen-bond acceptors (Lipinski definition) is 16. The molecule has 7 amide bonds. The van der Waals surface area contributed by atoms with E-state index in [9.17, 15) is 33.6 Å². The minimum Gasteiger partial charge on any atom is -0.444 e. The maximum absolute atomic E-state index is 12.9. The maximum Gasteiger partial charge on any atom is 0.407 e. The van der Waals surface area contributed by atoms with Gasteiger partial charge in [-0.3, -0.25) is 19.2 Å². The fraction of sp³-hybridized carbons (Fsp3) is 0.816. The van der Waals surface area contributed by atoms with Crippen molar-refractivity contribution in [2.75, 3.05) is 78.8 Å². The number of rotatable bonds is 24. The summed E-state index contributed by atoms with van der Waals surface area (Å²) < 4.78 is 39.4. The van der Waals surface area contributed by atoms with Gasteiger partial charge in [-0.05, 0) is 68.7 Å². The third kappa shape index (κ3) is 27.1. The summed E-state index contributed by atoms with van der Waals surface area (Å²) in [5.41, 5.74) is 9.90. The molecule has 11 N–H and O–H groups in total. The van der Waals surface area contributed by atoms with Crippen LogP contribution in [-0.2, 0) is 52.3 Å². The van der Waals surface area contributed by atoms with Crippen LogP contribution in [-0.4, -0.2) is 162 Å². The monoisotopic (exact) mass is 878 g/mol. The Kier molecular flexibility index (Phi) is 24.5. The van der Waals surface area contributed by atoms with Crippen molar-refractivity contribution in [1.82, 2.24) is 37.2 Å². The third-order valence-corrected chi connectivity index (χ3v) is 7.73. The van der Waals surface area contributed by atoms with E-state index in [2.05, 4.69) is 37.2 Å². The van der Waals surface area contributed by atoms with Crippen LogP contribution in [0, 0.1) is 5.92 Å². The molecular formula is C38H71N9O14. The molecular weight excluding hydrogens is 806 g/mol. The van der Waals surface area contributed by atoms with Crippen LogP contribution in [0.15, 0.2) is 0 Å². The van der Waals surface area contributed by atoms with E-state index in [1.807, 2.05) is 0 Å². The predicted octanol–water partition coefficient (Wildman–Crippen LogP) is -1.15. The second kappa shape index (κ2) is 27.4. The molecule has 23 heteroatoms. The molecule has 0 saturated carbocycles. The highest BCUT2D eigenvalue weighted by molar-refractivity contribution is 5.78. The summed E-state index contributed by atoms with van der Waals surface area (Å²) in [6.07, 6.45) is -6.21. The molecule has 0 aliphatic carbocycles. The van der Waals surface area contributed by atoms with Gasteiger partial charge in [0.25, 0.3) is 0 Å². The molecule has 23 nitrogen and oxygen atoms in total. The van der Waals surface area contributed by atoms with Crippen molar-refractivity contribution >= 4 is 41.9 Å². The molecule has 1 rings (SSSR count). The Morgan fingerprint density at radius 3 is 1.31 bits per heavy atom. The zero-order valence-electron chi connectivity index (χ0n) is 37.2. The smallest absolute Gasteiger partial charge is 0.407 e. The quantitative estimate of drug-likeness (QED) is 0.0408. The summed E-state index contributed by atoms with van der Waals surface area (Å²) >= 11 is 0. The minimum absolute atomic E-state index is 0.0366. The lowest BCUT2D eigenvalue weighted by Crippen LogP contribution is -2.61. The number of ether oxygens (including phenoxy) is 7. The number of hydrogen-bond donors (Lipinski definition) is 9. The van der Waals surface area contributed by atoms with Crippen LogP contribution < -0.4 is 48.7 Å². The lowest BCUT2D eigenvalue weighted by molar-refractivity contribution is -0.236. The number of nitrogens with one attached hydrogen (secondary N) is 7. The van der Waals surface area contributed by atoms with Gasteiger partial charge in [0.15, 0.2) is 0 Å². The van der Waals surface area contributed by atoms with Crippen molar-refractivity contribution in [1.29, 1.82) is 0 Å². The first-order chi connectivity index (χ1) is 28.4. The Bertz CT molecular complexity index is 1400. The number of carbonyl (C=O) groups excluding carboxylic acids is 7. The average Bonchev–Trinajstić information content (AvgIpc) is 3.12. The molecule has 0 aromatic heterocycles. The molecule has 1 fully saturated rings. The number of amides is 7. The molecule has 1 aliphatic heterocycles. The van der Waals surface area contributed by atoms with Crippen LogP contribution in [0.5, 0.6) is 0 Å². The van der Waals surface area contributed by atoms with Crippen molar-refractivity contribution in [3.8, 4) is 0 Å². The Morgan fingerprint density at radius 2 is 0.902 bits per heavy atom. The molecule has 61 heavy (non-hydrogen) atoms. The van der Waals surface area contributed by atoms with Gasteiger partial charge in [-0.2, -0.15) is 0 Å². The zero-order valence-corrected chi connectivity index (χ0v) is 37.2. The second-order valence-electron chi connectivity index (χ2n) is 16.9. The summed E-state index contributed by atoms with van der Waals surface area (Å²) in [7, 11) is 0. The summed E-state index contributed by atoms with van der Waals surface area (Å²) in [5.74, 6) is -2.70. The van der Waals surface area contributed by atoms with Gasteiger partial charge in [-0.25, -0.2) is 14.4 Å². The highest BCUT2D eigenvalue weighted by Crippen LogP contribution is 2.32. The standard InChI is InChI=1S/C38H71N9O14/c1-36(2,3)59-33(52)45-17-14-42-27(49)21-55-20-25-24(10-11-26(48)41-13-12-39)30(56-22-28(50)43-15-18-46-34(53)60-37(4,5)6)31(32(40)58-25)57-23-29(51)44-16-19-47-35(54)61-38(7,8)9/h24-25,30-32H,10-23,39-40H2,1-9H3,(H,41,48)(H,42,49)(H,43,50)(H,44,51)(H,45,52)(H,46,53)(H,47,54). The van der Waals surface area contributed by atoms with Crippen LogP contribution in [0.25, 0.3) is 0 Å². The first-order valence-electron chi connectivity index (χ1n) is 20.3. The van der Waals surface area contributed by atoms with E-state index < -0.39 is 103 Å². The molecule has 0 aromatic carbocycles. The summed E-state index contributed by atoms with van der Waals surface area (Å²) in [6.45, 7) is 14.7. The van der Waals surface area contributed by atoms with E-state index in [0.717, 1.165) is 0 Å². The average molecular weight is 878 g/mol. The van der Waals surface area contributed by atoms with Crippen LogP contribution >= 0.6 is 0 Å². The minimum atomic E-state index is -1.24. The van der Waals surface area contributed by atoms with Crippen molar-refractivity contribution in [3.05, 3.63) is 0 Å². The van der Waals surface area contributed by atoms with Crippen molar-refractivity contribution in [2.45, 2.75) is 116 Å². The van der Waals surface area contributed by atoms with Crippen molar-refractivity contribution in [2.24, 2.45) is 17.4 Å². The van der Waals surface area contributed by atoms with Gasteiger partial charge in [0.2, 0.25) is 23.6 Å².